The molecular weight excluding hydrogens is 451 g/mol. The Balaban J connectivity index is 1.32. The number of halogens is 2. The minimum atomic E-state index is -0.324. The van der Waals surface area contributed by atoms with Gasteiger partial charge in [0.1, 0.15) is 23.2 Å². The summed E-state index contributed by atoms with van der Waals surface area (Å²) in [6, 6.07) is 13.8. The number of aromatic nitrogens is 1. The summed E-state index contributed by atoms with van der Waals surface area (Å²) < 4.78 is 25.0. The van der Waals surface area contributed by atoms with Gasteiger partial charge in [0, 0.05) is 35.6 Å². The van der Waals surface area contributed by atoms with E-state index >= 15 is 0 Å². The molecule has 168 valence electrons. The Hall–Kier alpha value is -2.48. The molecule has 3 aromatic rings. The molecule has 1 amide bonds. The number of ether oxygens (including phenoxy) is 2. The summed E-state index contributed by atoms with van der Waals surface area (Å²) in [6.07, 6.45) is 1.66. The van der Waals surface area contributed by atoms with Crippen LogP contribution in [0.4, 0.5) is 4.39 Å². The molecule has 1 N–H and O–H groups in total. The van der Waals surface area contributed by atoms with Crippen LogP contribution in [0.25, 0.3) is 0 Å². The lowest BCUT2D eigenvalue weighted by Crippen LogP contribution is -2.45. The first-order valence-electron chi connectivity index (χ1n) is 10.4. The summed E-state index contributed by atoms with van der Waals surface area (Å²) >= 11 is 7.34. The van der Waals surface area contributed by atoms with Crippen LogP contribution in [0.1, 0.15) is 29.1 Å². The van der Waals surface area contributed by atoms with Crippen molar-refractivity contribution in [2.24, 2.45) is 0 Å². The fraction of sp³-hybridized carbons (Fsp3) is 0.333. The summed E-state index contributed by atoms with van der Waals surface area (Å²) in [5.74, 6) is 0.334. The molecule has 0 unspecified atom stereocenters. The van der Waals surface area contributed by atoms with E-state index in [1.807, 2.05) is 11.4 Å². The highest BCUT2D eigenvalue weighted by Gasteiger charge is 2.35. The summed E-state index contributed by atoms with van der Waals surface area (Å²) in [5, 5.41) is 6.36. The van der Waals surface area contributed by atoms with E-state index in [2.05, 4.69) is 10.3 Å². The number of nitrogens with zero attached hydrogens (tertiary/aromatic N) is 1. The molecule has 4 rings (SSSR count). The maximum atomic E-state index is 13.8. The average molecular weight is 475 g/mol. The zero-order chi connectivity index (χ0) is 22.4. The zero-order valence-electron chi connectivity index (χ0n) is 17.5. The molecule has 2 heterocycles. The number of rotatable bonds is 8. The van der Waals surface area contributed by atoms with Crippen LogP contribution in [0.15, 0.2) is 53.9 Å². The molecule has 1 aromatic heterocycles. The maximum Gasteiger partial charge on any atom is 0.226 e. The number of carbonyl (C=O) groups excluding carboxylic acids is 1. The van der Waals surface area contributed by atoms with Gasteiger partial charge < -0.3 is 14.8 Å². The van der Waals surface area contributed by atoms with Crippen LogP contribution in [0, 0.1) is 5.82 Å². The van der Waals surface area contributed by atoms with Crippen molar-refractivity contribution in [3.8, 4) is 5.75 Å². The Bertz CT molecular complexity index is 1050. The highest BCUT2D eigenvalue weighted by Crippen LogP contribution is 2.34. The van der Waals surface area contributed by atoms with Gasteiger partial charge in [0.2, 0.25) is 5.91 Å². The zero-order valence-corrected chi connectivity index (χ0v) is 19.1. The third-order valence-electron chi connectivity index (χ3n) is 5.63. The number of amides is 1. The fourth-order valence-corrected chi connectivity index (χ4v) is 4.65. The van der Waals surface area contributed by atoms with Gasteiger partial charge in [0.15, 0.2) is 0 Å². The molecule has 0 saturated carbocycles. The van der Waals surface area contributed by atoms with Crippen LogP contribution in [0.2, 0.25) is 5.02 Å². The first-order valence-corrected chi connectivity index (χ1v) is 11.7. The van der Waals surface area contributed by atoms with E-state index in [4.69, 9.17) is 21.1 Å². The molecule has 0 bridgehead atoms. The van der Waals surface area contributed by atoms with Crippen molar-refractivity contribution in [1.82, 2.24) is 10.3 Å². The lowest BCUT2D eigenvalue weighted by atomic mass is 9.74. The second-order valence-electron chi connectivity index (χ2n) is 7.83. The van der Waals surface area contributed by atoms with E-state index in [0.29, 0.717) is 42.8 Å². The third-order valence-corrected chi connectivity index (χ3v) is 6.75. The molecular formula is C24H24ClFN2O3S. The minimum absolute atomic E-state index is 0.109. The molecule has 1 fully saturated rings. The predicted octanol–water partition coefficient (Wildman–Crippen LogP) is 4.92. The van der Waals surface area contributed by atoms with Gasteiger partial charge in [0.05, 0.1) is 12.1 Å². The lowest BCUT2D eigenvalue weighted by Gasteiger charge is -2.38. The second-order valence-corrected chi connectivity index (χ2v) is 9.21. The molecule has 5 nitrogen and oxygen atoms in total. The molecule has 8 heteroatoms. The molecule has 0 spiro atoms. The van der Waals surface area contributed by atoms with Gasteiger partial charge in [-0.1, -0.05) is 23.7 Å². The largest absolute Gasteiger partial charge is 0.486 e. The fourth-order valence-electron chi connectivity index (χ4n) is 3.82. The standard InChI is InChI=1S/C24H24ClFN2O3S/c25-18-4-6-21(7-5-18)31-14-23-28-20(15-32-23)13-22(29)27-16-24(8-10-30-11-9-24)17-2-1-3-19(26)12-17/h1-7,12,15H,8-11,13-14,16H2,(H,27,29). The van der Waals surface area contributed by atoms with Crippen molar-refractivity contribution in [3.63, 3.8) is 0 Å². The number of thiazole rings is 1. The number of benzene rings is 2. The van der Waals surface area contributed by atoms with Gasteiger partial charge in [-0.25, -0.2) is 9.37 Å². The Morgan fingerprint density at radius 1 is 1.22 bits per heavy atom. The van der Waals surface area contributed by atoms with Crippen LogP contribution < -0.4 is 10.1 Å². The predicted molar refractivity (Wildman–Crippen MR) is 123 cm³/mol. The second kappa shape index (κ2) is 10.4. The summed E-state index contributed by atoms with van der Waals surface area (Å²) in [4.78, 5) is 17.1. The Kier molecular flexibility index (Phi) is 7.40. The highest BCUT2D eigenvalue weighted by atomic mass is 35.5. The molecule has 0 aliphatic carbocycles. The molecule has 0 atom stereocenters. The topological polar surface area (TPSA) is 60.5 Å². The third kappa shape index (κ3) is 5.85. The SMILES string of the molecule is O=C(Cc1csc(COc2ccc(Cl)cc2)n1)NCC1(c2cccc(F)c2)CCOCC1. The van der Waals surface area contributed by atoms with Crippen molar-refractivity contribution < 1.29 is 18.7 Å². The summed E-state index contributed by atoms with van der Waals surface area (Å²) in [6.45, 7) is 1.96. The maximum absolute atomic E-state index is 13.8. The normalized spacial score (nSPS) is 15.3. The van der Waals surface area contributed by atoms with E-state index in [1.54, 1.807) is 36.4 Å². The van der Waals surface area contributed by atoms with Crippen LogP contribution in [-0.4, -0.2) is 30.6 Å². The van der Waals surface area contributed by atoms with Crippen LogP contribution in [0.3, 0.4) is 0 Å². The lowest BCUT2D eigenvalue weighted by molar-refractivity contribution is -0.121. The van der Waals surface area contributed by atoms with Gasteiger partial charge in [-0.2, -0.15) is 0 Å². The van der Waals surface area contributed by atoms with E-state index in [0.717, 1.165) is 23.4 Å². The molecule has 0 radical (unpaired) electrons. The molecule has 2 aromatic carbocycles. The quantitative estimate of drug-likeness (QED) is 0.503. The Morgan fingerprint density at radius 2 is 2.00 bits per heavy atom. The molecule has 1 aliphatic heterocycles. The van der Waals surface area contributed by atoms with E-state index in [1.165, 1.54) is 17.4 Å². The summed E-state index contributed by atoms with van der Waals surface area (Å²) in [7, 11) is 0. The smallest absolute Gasteiger partial charge is 0.226 e. The van der Waals surface area contributed by atoms with E-state index in [-0.39, 0.29) is 23.6 Å². The van der Waals surface area contributed by atoms with Crippen molar-refractivity contribution in [1.29, 1.82) is 0 Å². The van der Waals surface area contributed by atoms with E-state index in [9.17, 15) is 9.18 Å². The number of hydrogen-bond acceptors (Lipinski definition) is 5. The van der Waals surface area contributed by atoms with Gasteiger partial charge in [-0.05, 0) is 54.8 Å². The number of hydrogen-bond donors (Lipinski definition) is 1. The van der Waals surface area contributed by atoms with E-state index < -0.39 is 0 Å². The molecule has 32 heavy (non-hydrogen) atoms. The number of carbonyl (C=O) groups is 1. The molecule has 1 aliphatic rings. The van der Waals surface area contributed by atoms with Gasteiger partial charge in [-0.3, -0.25) is 4.79 Å². The molecule has 1 saturated heterocycles. The first kappa shape index (κ1) is 22.7. The van der Waals surface area contributed by atoms with Crippen LogP contribution in [-0.2, 0) is 28.0 Å². The van der Waals surface area contributed by atoms with Gasteiger partial charge >= 0.3 is 0 Å². The summed E-state index contributed by atoms with van der Waals surface area (Å²) in [5.41, 5.74) is 1.28. The van der Waals surface area contributed by atoms with Crippen molar-refractivity contribution in [3.05, 3.63) is 81.0 Å². The Labute approximate surface area is 195 Å². The Morgan fingerprint density at radius 3 is 2.75 bits per heavy atom. The average Bonchev–Trinajstić information content (AvgIpc) is 3.25. The van der Waals surface area contributed by atoms with Crippen LogP contribution in [0.5, 0.6) is 5.75 Å². The van der Waals surface area contributed by atoms with Crippen molar-refractivity contribution >= 4 is 28.8 Å². The highest BCUT2D eigenvalue weighted by molar-refractivity contribution is 7.09. The van der Waals surface area contributed by atoms with Gasteiger partial charge in [0.25, 0.3) is 0 Å². The minimum Gasteiger partial charge on any atom is -0.486 e. The van der Waals surface area contributed by atoms with Crippen molar-refractivity contribution in [2.45, 2.75) is 31.3 Å². The van der Waals surface area contributed by atoms with Crippen molar-refractivity contribution in [2.75, 3.05) is 19.8 Å². The van der Waals surface area contributed by atoms with Crippen LogP contribution >= 0.6 is 22.9 Å². The monoisotopic (exact) mass is 474 g/mol. The first-order chi connectivity index (χ1) is 15.5. The van der Waals surface area contributed by atoms with Gasteiger partial charge in [-0.15, -0.1) is 11.3 Å². The number of nitrogens with one attached hydrogen (secondary N) is 1.